The van der Waals surface area contributed by atoms with Crippen LogP contribution in [0, 0.1) is 5.92 Å². The molecule has 0 N–H and O–H groups in total. The SMILES string of the molecule is CN(Cc1cnn(C)c1)C(=O)[C@@H]1CC=CCC1. The zero-order valence-corrected chi connectivity index (χ0v) is 10.5. The lowest BCUT2D eigenvalue weighted by molar-refractivity contribution is -0.135. The van der Waals surface area contributed by atoms with Gasteiger partial charge in [-0.2, -0.15) is 5.10 Å². The van der Waals surface area contributed by atoms with Crippen LogP contribution in [0.2, 0.25) is 0 Å². The molecule has 1 aliphatic rings. The quantitative estimate of drug-likeness (QED) is 0.746. The molecule has 0 fully saturated rings. The van der Waals surface area contributed by atoms with E-state index in [4.69, 9.17) is 0 Å². The van der Waals surface area contributed by atoms with Gasteiger partial charge in [0.15, 0.2) is 0 Å². The molecule has 0 aliphatic heterocycles. The molecule has 17 heavy (non-hydrogen) atoms. The highest BCUT2D eigenvalue weighted by Crippen LogP contribution is 2.20. The molecule has 0 bridgehead atoms. The van der Waals surface area contributed by atoms with Gasteiger partial charge >= 0.3 is 0 Å². The fourth-order valence-corrected chi connectivity index (χ4v) is 2.23. The van der Waals surface area contributed by atoms with E-state index in [1.165, 1.54) is 0 Å². The molecular weight excluding hydrogens is 214 g/mol. The number of rotatable bonds is 3. The molecule has 1 atom stereocenters. The van der Waals surface area contributed by atoms with Crippen molar-refractivity contribution in [2.24, 2.45) is 13.0 Å². The predicted octanol–water partition coefficient (Wildman–Crippen LogP) is 1.73. The van der Waals surface area contributed by atoms with Crippen molar-refractivity contribution in [1.82, 2.24) is 14.7 Å². The van der Waals surface area contributed by atoms with Gasteiger partial charge in [-0.05, 0) is 19.3 Å². The van der Waals surface area contributed by atoms with E-state index in [-0.39, 0.29) is 11.8 Å². The highest BCUT2D eigenvalue weighted by atomic mass is 16.2. The van der Waals surface area contributed by atoms with Crippen molar-refractivity contribution in [3.05, 3.63) is 30.1 Å². The first kappa shape index (κ1) is 11.9. The molecule has 4 nitrogen and oxygen atoms in total. The van der Waals surface area contributed by atoms with Crippen LogP contribution in [0.3, 0.4) is 0 Å². The molecule has 1 aliphatic carbocycles. The molecule has 2 rings (SSSR count). The maximum absolute atomic E-state index is 12.2. The topological polar surface area (TPSA) is 38.1 Å². The van der Waals surface area contributed by atoms with Crippen LogP contribution in [0.5, 0.6) is 0 Å². The zero-order valence-electron chi connectivity index (χ0n) is 10.5. The molecule has 0 unspecified atom stereocenters. The second-order valence-corrected chi connectivity index (χ2v) is 4.70. The third-order valence-corrected chi connectivity index (χ3v) is 3.17. The molecule has 1 amide bonds. The average Bonchev–Trinajstić information content (AvgIpc) is 2.75. The highest BCUT2D eigenvalue weighted by Gasteiger charge is 2.22. The summed E-state index contributed by atoms with van der Waals surface area (Å²) in [6, 6.07) is 0. The Bertz CT molecular complexity index is 422. The Morgan fingerprint density at radius 1 is 1.59 bits per heavy atom. The minimum absolute atomic E-state index is 0.168. The summed E-state index contributed by atoms with van der Waals surface area (Å²) >= 11 is 0. The Balaban J connectivity index is 1.93. The van der Waals surface area contributed by atoms with E-state index in [2.05, 4.69) is 17.3 Å². The van der Waals surface area contributed by atoms with E-state index in [0.29, 0.717) is 6.54 Å². The lowest BCUT2D eigenvalue weighted by Gasteiger charge is -2.24. The van der Waals surface area contributed by atoms with Crippen molar-refractivity contribution in [3.8, 4) is 0 Å². The van der Waals surface area contributed by atoms with Gasteiger partial charge in [-0.3, -0.25) is 9.48 Å². The van der Waals surface area contributed by atoms with Gasteiger partial charge in [-0.1, -0.05) is 12.2 Å². The van der Waals surface area contributed by atoms with Gasteiger partial charge < -0.3 is 4.90 Å². The van der Waals surface area contributed by atoms with E-state index in [1.54, 1.807) is 9.58 Å². The van der Waals surface area contributed by atoms with Crippen molar-refractivity contribution in [1.29, 1.82) is 0 Å². The Labute approximate surface area is 102 Å². The number of carbonyl (C=O) groups is 1. The van der Waals surface area contributed by atoms with Crippen LogP contribution in [-0.2, 0) is 18.4 Å². The maximum Gasteiger partial charge on any atom is 0.226 e. The third kappa shape index (κ3) is 2.96. The van der Waals surface area contributed by atoms with Crippen LogP contribution >= 0.6 is 0 Å². The van der Waals surface area contributed by atoms with Gasteiger partial charge in [-0.15, -0.1) is 0 Å². The number of allylic oxidation sites excluding steroid dienone is 2. The van der Waals surface area contributed by atoms with Gasteiger partial charge in [0, 0.05) is 38.3 Å². The average molecular weight is 233 g/mol. The largest absolute Gasteiger partial charge is 0.341 e. The van der Waals surface area contributed by atoms with Crippen LogP contribution in [0.1, 0.15) is 24.8 Å². The Morgan fingerprint density at radius 2 is 2.41 bits per heavy atom. The van der Waals surface area contributed by atoms with Gasteiger partial charge in [0.25, 0.3) is 0 Å². The number of carbonyl (C=O) groups excluding carboxylic acids is 1. The Morgan fingerprint density at radius 3 is 3.00 bits per heavy atom. The number of hydrogen-bond donors (Lipinski definition) is 0. The summed E-state index contributed by atoms with van der Waals surface area (Å²) in [5, 5.41) is 4.11. The minimum Gasteiger partial charge on any atom is -0.341 e. The van der Waals surface area contributed by atoms with Gasteiger partial charge in [-0.25, -0.2) is 0 Å². The lowest BCUT2D eigenvalue weighted by Crippen LogP contribution is -2.32. The molecule has 4 heteroatoms. The smallest absolute Gasteiger partial charge is 0.226 e. The van der Waals surface area contributed by atoms with Crippen LogP contribution in [0.15, 0.2) is 24.5 Å². The number of aryl methyl sites for hydroxylation is 1. The first-order chi connectivity index (χ1) is 8.16. The van der Waals surface area contributed by atoms with Crippen LogP contribution in [0.4, 0.5) is 0 Å². The molecule has 1 aromatic heterocycles. The number of amides is 1. The van der Waals surface area contributed by atoms with E-state index in [9.17, 15) is 4.79 Å². The predicted molar refractivity (Wildman–Crippen MR) is 66.2 cm³/mol. The van der Waals surface area contributed by atoms with Crippen molar-refractivity contribution < 1.29 is 4.79 Å². The number of hydrogen-bond acceptors (Lipinski definition) is 2. The van der Waals surface area contributed by atoms with E-state index >= 15 is 0 Å². The van der Waals surface area contributed by atoms with Gasteiger partial charge in [0.1, 0.15) is 0 Å². The number of aromatic nitrogens is 2. The van der Waals surface area contributed by atoms with Crippen molar-refractivity contribution in [3.63, 3.8) is 0 Å². The lowest BCUT2D eigenvalue weighted by atomic mass is 9.93. The van der Waals surface area contributed by atoms with Crippen molar-refractivity contribution in [2.75, 3.05) is 7.05 Å². The molecule has 1 heterocycles. The standard InChI is InChI=1S/C13H19N3O/c1-15(9-11-8-14-16(2)10-11)13(17)12-6-4-3-5-7-12/h3-4,8,10,12H,5-7,9H2,1-2H3/t12-/m1/s1. The molecule has 0 radical (unpaired) electrons. The summed E-state index contributed by atoms with van der Waals surface area (Å²) in [5.41, 5.74) is 1.08. The molecular formula is C13H19N3O. The Hall–Kier alpha value is -1.58. The molecule has 0 saturated heterocycles. The molecule has 0 saturated carbocycles. The van der Waals surface area contributed by atoms with Crippen LogP contribution in [0.25, 0.3) is 0 Å². The van der Waals surface area contributed by atoms with Gasteiger partial charge in [0.05, 0.1) is 6.20 Å². The van der Waals surface area contributed by atoms with Crippen molar-refractivity contribution >= 4 is 5.91 Å². The first-order valence-corrected chi connectivity index (χ1v) is 6.04. The highest BCUT2D eigenvalue weighted by molar-refractivity contribution is 5.78. The summed E-state index contributed by atoms with van der Waals surface area (Å²) in [7, 11) is 3.75. The normalized spacial score (nSPS) is 19.3. The summed E-state index contributed by atoms with van der Waals surface area (Å²) in [6.07, 6.45) is 10.9. The fraction of sp³-hybridized carbons (Fsp3) is 0.538. The zero-order chi connectivity index (χ0) is 12.3. The fourth-order valence-electron chi connectivity index (χ4n) is 2.23. The minimum atomic E-state index is 0.168. The molecule has 92 valence electrons. The van der Waals surface area contributed by atoms with E-state index in [1.807, 2.05) is 26.5 Å². The Kier molecular flexibility index (Phi) is 3.61. The molecule has 0 aromatic carbocycles. The van der Waals surface area contributed by atoms with Crippen LogP contribution < -0.4 is 0 Å². The van der Waals surface area contributed by atoms with Gasteiger partial charge in [0.2, 0.25) is 5.91 Å². The molecule has 1 aromatic rings. The van der Waals surface area contributed by atoms with E-state index in [0.717, 1.165) is 24.8 Å². The maximum atomic E-state index is 12.2. The number of nitrogens with zero attached hydrogens (tertiary/aromatic N) is 3. The summed E-state index contributed by atoms with van der Waals surface area (Å²) in [5.74, 6) is 0.417. The third-order valence-electron chi connectivity index (χ3n) is 3.17. The van der Waals surface area contributed by atoms with Crippen molar-refractivity contribution in [2.45, 2.75) is 25.8 Å². The van der Waals surface area contributed by atoms with Crippen LogP contribution in [-0.4, -0.2) is 27.6 Å². The second-order valence-electron chi connectivity index (χ2n) is 4.70. The first-order valence-electron chi connectivity index (χ1n) is 6.04. The monoisotopic (exact) mass is 233 g/mol. The van der Waals surface area contributed by atoms with E-state index < -0.39 is 0 Å². The summed E-state index contributed by atoms with van der Waals surface area (Å²) < 4.78 is 1.76. The second kappa shape index (κ2) is 5.17. The summed E-state index contributed by atoms with van der Waals surface area (Å²) in [4.78, 5) is 14.0. The summed E-state index contributed by atoms with van der Waals surface area (Å²) in [6.45, 7) is 0.646. The molecule has 0 spiro atoms.